The predicted molar refractivity (Wildman–Crippen MR) is 101 cm³/mol. The van der Waals surface area contributed by atoms with E-state index in [4.69, 9.17) is 4.74 Å². The summed E-state index contributed by atoms with van der Waals surface area (Å²) in [6, 6.07) is 10.1. The third-order valence-corrected chi connectivity index (χ3v) is 5.26. The molecule has 2 saturated heterocycles. The number of rotatable bonds is 5. The third kappa shape index (κ3) is 4.82. The fourth-order valence-corrected chi connectivity index (χ4v) is 3.93. The molecular formula is C20H31N3O3. The first kappa shape index (κ1) is 19.3. The van der Waals surface area contributed by atoms with Gasteiger partial charge >= 0.3 is 0 Å². The fraction of sp³-hybridized carbons (Fsp3) is 0.650. The predicted octanol–water partition coefficient (Wildman–Crippen LogP) is 0.973. The minimum Gasteiger partial charge on any atom is -0.393 e. The molecule has 2 atom stereocenters. The van der Waals surface area contributed by atoms with Gasteiger partial charge in [0.1, 0.15) is 0 Å². The number of morpholine rings is 1. The molecule has 2 aliphatic rings. The summed E-state index contributed by atoms with van der Waals surface area (Å²) in [5.41, 5.74) is 1.13. The summed E-state index contributed by atoms with van der Waals surface area (Å²) >= 11 is 0. The molecule has 1 N–H and O–H groups in total. The topological polar surface area (TPSA) is 56.2 Å². The Hall–Kier alpha value is -1.47. The van der Waals surface area contributed by atoms with E-state index in [9.17, 15) is 9.90 Å². The molecule has 0 spiro atoms. The van der Waals surface area contributed by atoms with Gasteiger partial charge in [0, 0.05) is 26.2 Å². The number of carbonyl (C=O) groups excluding carboxylic acids is 1. The number of aliphatic hydroxyl groups excluding tert-OH is 1. The maximum atomic E-state index is 12.9. The number of ether oxygens (including phenoxy) is 1. The molecule has 0 aromatic heterocycles. The van der Waals surface area contributed by atoms with Crippen LogP contribution in [0.4, 0.5) is 0 Å². The van der Waals surface area contributed by atoms with E-state index in [1.807, 2.05) is 42.1 Å². The zero-order chi connectivity index (χ0) is 18.5. The average molecular weight is 361 g/mol. The van der Waals surface area contributed by atoms with E-state index in [1.54, 1.807) is 0 Å². The van der Waals surface area contributed by atoms with Gasteiger partial charge in [0.05, 0.1) is 31.4 Å². The number of benzene rings is 1. The lowest BCUT2D eigenvalue weighted by Gasteiger charge is -2.44. The molecule has 3 rings (SSSR count). The second-order valence-corrected chi connectivity index (χ2v) is 7.62. The molecule has 0 saturated carbocycles. The number of hydrogen-bond donors (Lipinski definition) is 1. The van der Waals surface area contributed by atoms with Gasteiger partial charge in [-0.1, -0.05) is 30.3 Å². The molecule has 1 aromatic carbocycles. The Morgan fingerprint density at radius 1 is 1.19 bits per heavy atom. The first-order chi connectivity index (χ1) is 12.5. The van der Waals surface area contributed by atoms with Crippen LogP contribution >= 0.6 is 0 Å². The van der Waals surface area contributed by atoms with Crippen molar-refractivity contribution >= 4 is 5.91 Å². The Bertz CT molecular complexity index is 573. The summed E-state index contributed by atoms with van der Waals surface area (Å²) in [4.78, 5) is 19.1. The highest BCUT2D eigenvalue weighted by Crippen LogP contribution is 2.31. The summed E-state index contributed by atoms with van der Waals surface area (Å²) in [6.07, 6.45) is 1.40. The Kier molecular flexibility index (Phi) is 6.64. The number of hydrogen-bond acceptors (Lipinski definition) is 5. The van der Waals surface area contributed by atoms with Gasteiger partial charge in [-0.2, -0.15) is 0 Å². The van der Waals surface area contributed by atoms with E-state index in [1.165, 1.54) is 0 Å². The summed E-state index contributed by atoms with van der Waals surface area (Å²) in [7, 11) is 3.85. The monoisotopic (exact) mass is 361 g/mol. The standard InChI is InChI=1S/C20H31N3O3/c1-21(2)15-19(25)23-12-13-26-18(14-22-10-8-17(24)9-11-22)20(23)16-6-4-3-5-7-16/h3-7,17-18,20,24H,8-15H2,1-2H3/t18-,20-/m0/s1. The van der Waals surface area contributed by atoms with E-state index < -0.39 is 0 Å². The molecule has 0 radical (unpaired) electrons. The van der Waals surface area contributed by atoms with Gasteiger partial charge in [-0.25, -0.2) is 0 Å². The van der Waals surface area contributed by atoms with Crippen molar-refractivity contribution in [3.05, 3.63) is 35.9 Å². The van der Waals surface area contributed by atoms with Crippen LogP contribution in [-0.2, 0) is 9.53 Å². The quantitative estimate of drug-likeness (QED) is 0.847. The van der Waals surface area contributed by atoms with Crippen molar-refractivity contribution in [2.24, 2.45) is 0 Å². The lowest BCUT2D eigenvalue weighted by atomic mass is 9.96. The summed E-state index contributed by atoms with van der Waals surface area (Å²) in [5.74, 6) is 0.145. The number of amides is 1. The van der Waals surface area contributed by atoms with Crippen LogP contribution in [0.3, 0.4) is 0 Å². The first-order valence-corrected chi connectivity index (χ1v) is 9.56. The highest BCUT2D eigenvalue weighted by molar-refractivity contribution is 5.79. The zero-order valence-corrected chi connectivity index (χ0v) is 15.9. The smallest absolute Gasteiger partial charge is 0.237 e. The van der Waals surface area contributed by atoms with Crippen LogP contribution in [0.25, 0.3) is 0 Å². The molecule has 2 heterocycles. The van der Waals surface area contributed by atoms with Gasteiger partial charge in [0.15, 0.2) is 0 Å². The maximum Gasteiger partial charge on any atom is 0.237 e. The van der Waals surface area contributed by atoms with Crippen LogP contribution in [0.5, 0.6) is 0 Å². The third-order valence-electron chi connectivity index (χ3n) is 5.26. The van der Waals surface area contributed by atoms with E-state index in [0.717, 1.165) is 38.0 Å². The zero-order valence-electron chi connectivity index (χ0n) is 15.9. The average Bonchev–Trinajstić information content (AvgIpc) is 2.63. The molecule has 2 aliphatic heterocycles. The molecule has 26 heavy (non-hydrogen) atoms. The van der Waals surface area contributed by atoms with Crippen LogP contribution in [0.1, 0.15) is 24.4 Å². The molecule has 144 valence electrons. The summed E-state index contributed by atoms with van der Waals surface area (Å²) < 4.78 is 6.15. The SMILES string of the molecule is CN(C)CC(=O)N1CCO[C@@H](CN2CCC(O)CC2)[C@@H]1c1ccccc1. The number of likely N-dealkylation sites (N-methyl/N-ethyl adjacent to an activating group) is 1. The van der Waals surface area contributed by atoms with E-state index in [-0.39, 0.29) is 24.2 Å². The number of carbonyl (C=O) groups is 1. The van der Waals surface area contributed by atoms with Crippen molar-refractivity contribution in [1.29, 1.82) is 0 Å². The van der Waals surface area contributed by atoms with Gasteiger partial charge in [-0.05, 0) is 32.5 Å². The van der Waals surface area contributed by atoms with Crippen molar-refractivity contribution in [3.63, 3.8) is 0 Å². The fourth-order valence-electron chi connectivity index (χ4n) is 3.93. The Morgan fingerprint density at radius 3 is 2.54 bits per heavy atom. The van der Waals surface area contributed by atoms with Crippen molar-refractivity contribution < 1.29 is 14.6 Å². The Balaban J connectivity index is 1.78. The van der Waals surface area contributed by atoms with Crippen molar-refractivity contribution in [2.75, 3.05) is 53.4 Å². The largest absolute Gasteiger partial charge is 0.393 e. The number of likely N-dealkylation sites (tertiary alicyclic amines) is 1. The summed E-state index contributed by atoms with van der Waals surface area (Å²) in [5, 5.41) is 9.75. The highest BCUT2D eigenvalue weighted by Gasteiger charge is 2.37. The van der Waals surface area contributed by atoms with Crippen LogP contribution in [0.15, 0.2) is 30.3 Å². The summed E-state index contributed by atoms with van der Waals surface area (Å²) in [6.45, 7) is 4.16. The van der Waals surface area contributed by atoms with Gasteiger partial charge in [-0.15, -0.1) is 0 Å². The molecule has 1 aromatic rings. The van der Waals surface area contributed by atoms with Crippen molar-refractivity contribution in [2.45, 2.75) is 31.1 Å². The number of aliphatic hydroxyl groups is 1. The van der Waals surface area contributed by atoms with E-state index in [0.29, 0.717) is 19.7 Å². The van der Waals surface area contributed by atoms with Crippen LogP contribution in [0, 0.1) is 0 Å². The Morgan fingerprint density at radius 2 is 1.88 bits per heavy atom. The molecule has 0 bridgehead atoms. The molecule has 6 nitrogen and oxygen atoms in total. The number of nitrogens with zero attached hydrogens (tertiary/aromatic N) is 3. The molecule has 0 aliphatic carbocycles. The molecule has 2 fully saturated rings. The lowest BCUT2D eigenvalue weighted by molar-refractivity contribution is -0.149. The van der Waals surface area contributed by atoms with Gasteiger partial charge in [0.25, 0.3) is 0 Å². The molecule has 0 unspecified atom stereocenters. The maximum absolute atomic E-state index is 12.9. The Labute approximate surface area is 156 Å². The van der Waals surface area contributed by atoms with Crippen LogP contribution in [0.2, 0.25) is 0 Å². The van der Waals surface area contributed by atoms with Crippen molar-refractivity contribution in [3.8, 4) is 0 Å². The normalized spacial score (nSPS) is 25.6. The van der Waals surface area contributed by atoms with E-state index >= 15 is 0 Å². The molecule has 6 heteroatoms. The van der Waals surface area contributed by atoms with Crippen LogP contribution in [-0.4, -0.2) is 91.3 Å². The highest BCUT2D eigenvalue weighted by atomic mass is 16.5. The first-order valence-electron chi connectivity index (χ1n) is 9.56. The second-order valence-electron chi connectivity index (χ2n) is 7.62. The second kappa shape index (κ2) is 8.95. The number of piperidine rings is 1. The minimum absolute atomic E-state index is 0.0486. The van der Waals surface area contributed by atoms with Gasteiger partial charge < -0.3 is 24.5 Å². The van der Waals surface area contributed by atoms with Crippen molar-refractivity contribution in [1.82, 2.24) is 14.7 Å². The lowest BCUT2D eigenvalue weighted by Crippen LogP contribution is -2.54. The van der Waals surface area contributed by atoms with Crippen LogP contribution < -0.4 is 0 Å². The van der Waals surface area contributed by atoms with Gasteiger partial charge in [0.2, 0.25) is 5.91 Å². The molecular weight excluding hydrogens is 330 g/mol. The minimum atomic E-state index is -0.179. The molecule has 1 amide bonds. The van der Waals surface area contributed by atoms with Gasteiger partial charge in [-0.3, -0.25) is 4.79 Å². The van der Waals surface area contributed by atoms with E-state index in [2.05, 4.69) is 17.0 Å².